The summed E-state index contributed by atoms with van der Waals surface area (Å²) in [5.74, 6) is 3.00. The first-order valence-corrected chi connectivity index (χ1v) is 8.27. The number of hydrogen-bond donors (Lipinski definition) is 1. The molecule has 5 heteroatoms. The molecule has 2 aromatic heterocycles. The van der Waals surface area contributed by atoms with Gasteiger partial charge in [-0.1, -0.05) is 30.3 Å². The van der Waals surface area contributed by atoms with Gasteiger partial charge in [-0.2, -0.15) is 4.98 Å². The van der Waals surface area contributed by atoms with Crippen molar-refractivity contribution in [3.05, 3.63) is 54.1 Å². The highest BCUT2D eigenvalue weighted by molar-refractivity contribution is 5.92. The third kappa shape index (κ3) is 1.98. The monoisotopic (exact) mass is 315 g/mol. The molecule has 1 saturated carbocycles. The Morgan fingerprint density at radius 1 is 1.04 bits per heavy atom. The second kappa shape index (κ2) is 5.03. The van der Waals surface area contributed by atoms with Crippen LogP contribution in [0.2, 0.25) is 0 Å². The van der Waals surface area contributed by atoms with E-state index in [2.05, 4.69) is 56.9 Å². The van der Waals surface area contributed by atoms with Crippen LogP contribution in [0.3, 0.4) is 0 Å². The number of fused-ring (bicyclic) bond motifs is 3. The molecule has 1 aliphatic rings. The van der Waals surface area contributed by atoms with Gasteiger partial charge >= 0.3 is 0 Å². The van der Waals surface area contributed by atoms with Gasteiger partial charge in [0, 0.05) is 18.0 Å². The molecule has 0 radical (unpaired) electrons. The van der Waals surface area contributed by atoms with Crippen molar-refractivity contribution in [3.8, 4) is 11.4 Å². The van der Waals surface area contributed by atoms with E-state index < -0.39 is 0 Å². The summed E-state index contributed by atoms with van der Waals surface area (Å²) in [6.45, 7) is 0. The largest absolute Gasteiger partial charge is 0.372 e. The van der Waals surface area contributed by atoms with E-state index in [9.17, 15) is 0 Å². The van der Waals surface area contributed by atoms with E-state index in [-0.39, 0.29) is 0 Å². The maximum absolute atomic E-state index is 4.62. The molecule has 4 aromatic rings. The van der Waals surface area contributed by atoms with Crippen LogP contribution in [0.1, 0.15) is 24.3 Å². The van der Waals surface area contributed by atoms with Gasteiger partial charge in [0.1, 0.15) is 5.82 Å². The maximum atomic E-state index is 4.62. The van der Waals surface area contributed by atoms with E-state index in [1.165, 1.54) is 18.4 Å². The lowest BCUT2D eigenvalue weighted by atomic mass is 10.1. The van der Waals surface area contributed by atoms with Crippen molar-refractivity contribution in [1.82, 2.24) is 19.6 Å². The lowest BCUT2D eigenvalue weighted by molar-refractivity contribution is 1.10. The molecule has 0 spiro atoms. The zero-order valence-corrected chi connectivity index (χ0v) is 13.4. The van der Waals surface area contributed by atoms with Gasteiger partial charge in [0.25, 0.3) is 5.78 Å². The molecule has 5 rings (SSSR count). The lowest BCUT2D eigenvalue weighted by Crippen LogP contribution is -2.00. The van der Waals surface area contributed by atoms with Crippen molar-refractivity contribution in [3.63, 3.8) is 0 Å². The van der Waals surface area contributed by atoms with E-state index in [1.54, 1.807) is 0 Å². The summed E-state index contributed by atoms with van der Waals surface area (Å²) in [5, 5.41) is 13.0. The van der Waals surface area contributed by atoms with Gasteiger partial charge in [-0.3, -0.25) is 4.40 Å². The molecule has 0 aliphatic heterocycles. The van der Waals surface area contributed by atoms with Crippen molar-refractivity contribution in [2.45, 2.75) is 18.8 Å². The third-order valence-electron chi connectivity index (χ3n) is 4.69. The van der Waals surface area contributed by atoms with Crippen molar-refractivity contribution < 1.29 is 0 Å². The molecule has 118 valence electrons. The van der Waals surface area contributed by atoms with Crippen LogP contribution in [0.4, 0.5) is 5.82 Å². The van der Waals surface area contributed by atoms with Crippen LogP contribution in [0.15, 0.2) is 48.5 Å². The maximum Gasteiger partial charge on any atom is 0.257 e. The number of rotatable bonds is 3. The molecule has 0 unspecified atom stereocenters. The van der Waals surface area contributed by atoms with Gasteiger partial charge < -0.3 is 5.32 Å². The average Bonchev–Trinajstić information content (AvgIpc) is 3.40. The minimum atomic E-state index is 0.616. The Hall–Kier alpha value is -2.95. The minimum absolute atomic E-state index is 0.616. The van der Waals surface area contributed by atoms with Crippen LogP contribution >= 0.6 is 0 Å². The zero-order valence-electron chi connectivity index (χ0n) is 13.4. The number of anilines is 1. The second-order valence-electron chi connectivity index (χ2n) is 6.29. The highest BCUT2D eigenvalue weighted by atomic mass is 15.3. The van der Waals surface area contributed by atoms with Gasteiger partial charge in [0.2, 0.25) is 0 Å². The zero-order chi connectivity index (χ0) is 16.1. The van der Waals surface area contributed by atoms with Crippen LogP contribution in [-0.2, 0) is 0 Å². The number of para-hydroxylation sites is 1. The summed E-state index contributed by atoms with van der Waals surface area (Å²) >= 11 is 0. The van der Waals surface area contributed by atoms with Crippen molar-refractivity contribution in [2.24, 2.45) is 0 Å². The van der Waals surface area contributed by atoms with E-state index >= 15 is 0 Å². The summed E-state index contributed by atoms with van der Waals surface area (Å²) in [5.41, 5.74) is 3.55. The number of nitrogens with zero attached hydrogens (tertiary/aromatic N) is 4. The summed E-state index contributed by atoms with van der Waals surface area (Å²) in [6.07, 6.45) is 2.58. The standard InChI is InChI=1S/C19H17N5/c1-20-17-15-7-2-3-8-16(15)24-18(22-23-19(24)21-17)14-6-4-5-13(11-14)12-9-10-12/h2-8,11-12H,9-10H2,1H3,(H,20,21,23). The third-order valence-corrected chi connectivity index (χ3v) is 4.69. The van der Waals surface area contributed by atoms with Gasteiger partial charge in [0.15, 0.2) is 5.82 Å². The smallest absolute Gasteiger partial charge is 0.257 e. The van der Waals surface area contributed by atoms with Crippen LogP contribution in [0.5, 0.6) is 0 Å². The molecule has 1 aliphatic carbocycles. The fraction of sp³-hybridized carbons (Fsp3) is 0.211. The molecule has 0 bridgehead atoms. The highest BCUT2D eigenvalue weighted by Crippen LogP contribution is 2.41. The van der Waals surface area contributed by atoms with E-state index in [4.69, 9.17) is 0 Å². The minimum Gasteiger partial charge on any atom is -0.372 e. The summed E-state index contributed by atoms with van der Waals surface area (Å²) in [6, 6.07) is 16.9. The van der Waals surface area contributed by atoms with E-state index in [1.807, 2.05) is 23.6 Å². The Balaban J connectivity index is 1.81. The Labute approximate surface area is 139 Å². The topological polar surface area (TPSA) is 55.1 Å². The van der Waals surface area contributed by atoms with Gasteiger partial charge in [-0.25, -0.2) is 0 Å². The number of hydrogen-bond acceptors (Lipinski definition) is 4. The quantitative estimate of drug-likeness (QED) is 0.623. The highest BCUT2D eigenvalue weighted by Gasteiger charge is 2.24. The van der Waals surface area contributed by atoms with Crippen LogP contribution < -0.4 is 5.32 Å². The Kier molecular flexibility index (Phi) is 2.82. The van der Waals surface area contributed by atoms with Crippen molar-refractivity contribution >= 4 is 22.5 Å². The first-order valence-electron chi connectivity index (χ1n) is 8.27. The van der Waals surface area contributed by atoms with Gasteiger partial charge in [-0.15, -0.1) is 10.2 Å². The first-order chi connectivity index (χ1) is 11.8. The molecular weight excluding hydrogens is 298 g/mol. The Morgan fingerprint density at radius 2 is 1.92 bits per heavy atom. The molecule has 5 nitrogen and oxygen atoms in total. The normalized spacial score (nSPS) is 14.4. The van der Waals surface area contributed by atoms with Crippen molar-refractivity contribution in [1.29, 1.82) is 0 Å². The number of aromatic nitrogens is 4. The predicted octanol–water partition coefficient (Wildman–Crippen LogP) is 3.86. The van der Waals surface area contributed by atoms with Gasteiger partial charge in [-0.05, 0) is 42.5 Å². The predicted molar refractivity (Wildman–Crippen MR) is 95.2 cm³/mol. The SMILES string of the molecule is CNc1nc2nnc(-c3cccc(C4CC4)c3)n2c2ccccc12. The molecule has 1 fully saturated rings. The lowest BCUT2D eigenvalue weighted by Gasteiger charge is -2.09. The molecule has 24 heavy (non-hydrogen) atoms. The number of benzene rings is 2. The van der Waals surface area contributed by atoms with E-state index in [0.717, 1.165) is 34.0 Å². The number of nitrogens with one attached hydrogen (secondary N) is 1. The molecule has 0 atom stereocenters. The fourth-order valence-corrected chi connectivity index (χ4v) is 3.33. The Morgan fingerprint density at radius 3 is 2.75 bits per heavy atom. The molecule has 0 amide bonds. The molecule has 2 aromatic carbocycles. The average molecular weight is 315 g/mol. The van der Waals surface area contributed by atoms with Gasteiger partial charge in [0.05, 0.1) is 5.52 Å². The summed E-state index contributed by atoms with van der Waals surface area (Å²) < 4.78 is 2.04. The van der Waals surface area contributed by atoms with Crippen LogP contribution in [-0.4, -0.2) is 26.6 Å². The van der Waals surface area contributed by atoms with E-state index in [0.29, 0.717) is 5.78 Å². The Bertz CT molecular complexity index is 1060. The first kappa shape index (κ1) is 13.5. The summed E-state index contributed by atoms with van der Waals surface area (Å²) in [7, 11) is 1.88. The molecule has 0 saturated heterocycles. The van der Waals surface area contributed by atoms with Crippen LogP contribution in [0.25, 0.3) is 28.1 Å². The molecule has 1 N–H and O–H groups in total. The summed E-state index contributed by atoms with van der Waals surface area (Å²) in [4.78, 5) is 4.62. The molecule has 2 heterocycles. The second-order valence-corrected chi connectivity index (χ2v) is 6.29. The van der Waals surface area contributed by atoms with Crippen LogP contribution in [0, 0.1) is 0 Å². The fourth-order valence-electron chi connectivity index (χ4n) is 3.33. The van der Waals surface area contributed by atoms with Crippen molar-refractivity contribution in [2.75, 3.05) is 12.4 Å². The molecular formula is C19H17N5.